The minimum Gasteiger partial charge on any atom is -0.492 e. The number of aryl methyl sites for hydroxylation is 1. The Hall–Kier alpha value is -3.65. The molecule has 2 amide bonds. The average molecular weight is 488 g/mol. The second-order valence-corrected chi connectivity index (χ2v) is 9.76. The number of aromatic nitrogens is 2. The number of hydrogen-bond acceptors (Lipinski definition) is 5. The summed E-state index contributed by atoms with van der Waals surface area (Å²) in [6.45, 7) is 9.04. The summed E-state index contributed by atoms with van der Waals surface area (Å²) in [4.78, 5) is 34.8. The van der Waals surface area contributed by atoms with Crippen molar-refractivity contribution in [2.75, 3.05) is 38.6 Å². The van der Waals surface area contributed by atoms with Crippen LogP contribution < -0.4 is 10.1 Å². The highest BCUT2D eigenvalue weighted by Gasteiger charge is 2.29. The molecule has 0 aliphatic carbocycles. The molecule has 188 valence electrons. The Morgan fingerprint density at radius 2 is 2.06 bits per heavy atom. The Morgan fingerprint density at radius 3 is 2.86 bits per heavy atom. The highest BCUT2D eigenvalue weighted by atomic mass is 16.5. The molecular formula is C28H33N5O3. The van der Waals surface area contributed by atoms with E-state index in [0.717, 1.165) is 53.7 Å². The maximum Gasteiger partial charge on any atom is 0.257 e. The lowest BCUT2D eigenvalue weighted by Gasteiger charge is -2.27. The first-order valence-electron chi connectivity index (χ1n) is 12.6. The van der Waals surface area contributed by atoms with E-state index in [1.807, 2.05) is 42.2 Å². The molecule has 2 aliphatic rings. The van der Waals surface area contributed by atoms with Gasteiger partial charge in [0.15, 0.2) is 0 Å². The van der Waals surface area contributed by atoms with Gasteiger partial charge in [0, 0.05) is 37.3 Å². The maximum absolute atomic E-state index is 13.3. The number of fused-ring (bicyclic) bond motifs is 3. The van der Waals surface area contributed by atoms with Crippen molar-refractivity contribution in [3.63, 3.8) is 0 Å². The van der Waals surface area contributed by atoms with Crippen molar-refractivity contribution in [2.45, 2.75) is 38.8 Å². The minimum absolute atomic E-state index is 0.0470. The number of amides is 2. The molecular weight excluding hydrogens is 454 g/mol. The quantitative estimate of drug-likeness (QED) is 0.559. The van der Waals surface area contributed by atoms with Crippen LogP contribution in [0.2, 0.25) is 0 Å². The van der Waals surface area contributed by atoms with Gasteiger partial charge in [-0.3, -0.25) is 19.8 Å². The molecule has 8 heteroatoms. The summed E-state index contributed by atoms with van der Waals surface area (Å²) in [5, 5.41) is 3.09. The first kappa shape index (κ1) is 24.1. The summed E-state index contributed by atoms with van der Waals surface area (Å²) in [6.07, 6.45) is 4.16. The number of nitrogens with one attached hydrogen (secondary N) is 1. The van der Waals surface area contributed by atoms with Crippen LogP contribution >= 0.6 is 0 Å². The predicted octanol–water partition coefficient (Wildman–Crippen LogP) is 4.16. The Morgan fingerprint density at radius 1 is 1.19 bits per heavy atom. The second-order valence-electron chi connectivity index (χ2n) is 9.76. The number of carbonyl (C=O) groups is 2. The zero-order chi connectivity index (χ0) is 25.2. The molecule has 2 aromatic carbocycles. The van der Waals surface area contributed by atoms with Gasteiger partial charge in [-0.05, 0) is 63.6 Å². The lowest BCUT2D eigenvalue weighted by molar-refractivity contribution is -0.126. The van der Waals surface area contributed by atoms with Gasteiger partial charge >= 0.3 is 0 Å². The summed E-state index contributed by atoms with van der Waals surface area (Å²) >= 11 is 0. The Kier molecular flexibility index (Phi) is 6.78. The molecule has 1 N–H and O–H groups in total. The van der Waals surface area contributed by atoms with Crippen molar-refractivity contribution in [3.8, 4) is 5.75 Å². The second kappa shape index (κ2) is 10.1. The third-order valence-corrected chi connectivity index (χ3v) is 7.08. The van der Waals surface area contributed by atoms with Crippen LogP contribution in [0.4, 0.5) is 5.95 Å². The molecule has 2 aliphatic heterocycles. The van der Waals surface area contributed by atoms with E-state index in [2.05, 4.69) is 28.4 Å². The normalized spacial score (nSPS) is 18.6. The Balaban J connectivity index is 1.64. The topological polar surface area (TPSA) is 79.7 Å². The Bertz CT molecular complexity index is 1310. The highest BCUT2D eigenvalue weighted by Crippen LogP contribution is 2.37. The molecule has 1 aromatic heterocycles. The van der Waals surface area contributed by atoms with Crippen LogP contribution in [0, 0.1) is 6.92 Å². The van der Waals surface area contributed by atoms with Crippen LogP contribution in [-0.4, -0.2) is 64.5 Å². The van der Waals surface area contributed by atoms with E-state index in [9.17, 15) is 9.59 Å². The third-order valence-electron chi connectivity index (χ3n) is 7.08. The van der Waals surface area contributed by atoms with Gasteiger partial charge < -0.3 is 14.2 Å². The van der Waals surface area contributed by atoms with Crippen LogP contribution in [-0.2, 0) is 11.3 Å². The molecule has 0 saturated carbocycles. The van der Waals surface area contributed by atoms with Gasteiger partial charge in [-0.1, -0.05) is 24.3 Å². The van der Waals surface area contributed by atoms with E-state index >= 15 is 0 Å². The number of rotatable bonds is 4. The third kappa shape index (κ3) is 4.73. The molecule has 0 bridgehead atoms. The van der Waals surface area contributed by atoms with E-state index < -0.39 is 0 Å². The van der Waals surface area contributed by atoms with Gasteiger partial charge in [0.25, 0.3) is 5.91 Å². The van der Waals surface area contributed by atoms with Crippen molar-refractivity contribution in [1.82, 2.24) is 19.4 Å². The standard InChI is InChI=1S/C28H33N5O3/c1-4-25(34)32-13-6-5-10-21(17-32)33-26-22-18-31(3)14-15-36-24(22)12-11-23(26)29-28(33)30-27(35)20-9-7-8-19(2)16-20/h4,7-9,11-12,16,21H,1,5-6,10,13-15,17-18H2,2-3H3,(H,29,30,35)/t21-/m1/s1. The summed E-state index contributed by atoms with van der Waals surface area (Å²) in [5.41, 5.74) is 4.42. The summed E-state index contributed by atoms with van der Waals surface area (Å²) in [7, 11) is 2.08. The lowest BCUT2D eigenvalue weighted by atomic mass is 10.1. The first-order chi connectivity index (χ1) is 17.4. The first-order valence-corrected chi connectivity index (χ1v) is 12.6. The highest BCUT2D eigenvalue weighted by molar-refractivity contribution is 6.04. The number of likely N-dealkylation sites (tertiary alicyclic amines) is 1. The van der Waals surface area contributed by atoms with Gasteiger partial charge in [0.1, 0.15) is 12.4 Å². The summed E-state index contributed by atoms with van der Waals surface area (Å²) < 4.78 is 8.23. The fourth-order valence-electron chi connectivity index (χ4n) is 5.25. The van der Waals surface area contributed by atoms with Crippen molar-refractivity contribution in [2.24, 2.45) is 0 Å². The summed E-state index contributed by atoms with van der Waals surface area (Å²) in [5.74, 6) is 1.06. The van der Waals surface area contributed by atoms with E-state index in [0.29, 0.717) is 37.8 Å². The van der Waals surface area contributed by atoms with Crippen molar-refractivity contribution < 1.29 is 14.3 Å². The van der Waals surface area contributed by atoms with E-state index in [-0.39, 0.29) is 17.9 Å². The van der Waals surface area contributed by atoms with Crippen molar-refractivity contribution >= 4 is 28.8 Å². The number of benzene rings is 2. The van der Waals surface area contributed by atoms with Gasteiger partial charge in [-0.15, -0.1) is 0 Å². The van der Waals surface area contributed by atoms with Gasteiger partial charge in [-0.25, -0.2) is 4.98 Å². The monoisotopic (exact) mass is 487 g/mol. The molecule has 1 saturated heterocycles. The van der Waals surface area contributed by atoms with Crippen LogP contribution in [0.3, 0.4) is 0 Å². The van der Waals surface area contributed by atoms with Crippen molar-refractivity contribution in [1.29, 1.82) is 0 Å². The molecule has 1 atom stereocenters. The zero-order valence-electron chi connectivity index (χ0n) is 21.0. The van der Waals surface area contributed by atoms with Crippen molar-refractivity contribution in [3.05, 3.63) is 65.7 Å². The fourth-order valence-corrected chi connectivity index (χ4v) is 5.25. The number of ether oxygens (including phenoxy) is 1. The van der Waals surface area contributed by atoms with Gasteiger partial charge in [-0.2, -0.15) is 0 Å². The zero-order valence-corrected chi connectivity index (χ0v) is 21.0. The maximum atomic E-state index is 13.3. The largest absolute Gasteiger partial charge is 0.492 e. The molecule has 3 heterocycles. The smallest absolute Gasteiger partial charge is 0.257 e. The van der Waals surface area contributed by atoms with Crippen LogP contribution in [0.1, 0.15) is 46.8 Å². The van der Waals surface area contributed by atoms with E-state index in [1.54, 1.807) is 6.07 Å². The van der Waals surface area contributed by atoms with Crippen LogP contribution in [0.5, 0.6) is 5.75 Å². The molecule has 8 nitrogen and oxygen atoms in total. The number of anilines is 1. The molecule has 1 fully saturated rings. The van der Waals surface area contributed by atoms with Gasteiger partial charge in [0.05, 0.1) is 17.1 Å². The SMILES string of the molecule is C=CC(=O)N1CCCC[C@@H](n2c(NC(=O)c3cccc(C)c3)nc3ccc4c(c32)CN(C)CCO4)C1. The molecule has 5 rings (SSSR count). The van der Waals surface area contributed by atoms with Crippen LogP contribution in [0.15, 0.2) is 49.1 Å². The molecule has 0 radical (unpaired) electrons. The van der Waals surface area contributed by atoms with Gasteiger partial charge in [0.2, 0.25) is 11.9 Å². The number of carbonyl (C=O) groups excluding carboxylic acids is 2. The molecule has 36 heavy (non-hydrogen) atoms. The average Bonchev–Trinajstić information content (AvgIpc) is 3.00. The van der Waals surface area contributed by atoms with E-state index in [1.165, 1.54) is 6.08 Å². The Labute approximate surface area is 211 Å². The number of nitrogens with zero attached hydrogens (tertiary/aromatic N) is 4. The predicted molar refractivity (Wildman–Crippen MR) is 140 cm³/mol. The molecule has 0 spiro atoms. The number of hydrogen-bond donors (Lipinski definition) is 1. The molecule has 0 unspecified atom stereocenters. The minimum atomic E-state index is -0.206. The fraction of sp³-hybridized carbons (Fsp3) is 0.393. The summed E-state index contributed by atoms with van der Waals surface area (Å²) in [6, 6.07) is 11.4. The van der Waals surface area contributed by atoms with E-state index in [4.69, 9.17) is 9.72 Å². The lowest BCUT2D eigenvalue weighted by Crippen LogP contribution is -2.34. The molecule has 3 aromatic rings. The van der Waals surface area contributed by atoms with Crippen LogP contribution in [0.25, 0.3) is 11.0 Å². The number of likely N-dealkylation sites (N-methyl/N-ethyl adjacent to an activating group) is 1. The number of imidazole rings is 1.